The normalized spacial score (nSPS) is 11.1. The molecule has 2 amide bonds. The number of phenolic OH excluding ortho intramolecular Hbond substituents is 2. The van der Waals surface area contributed by atoms with Crippen molar-refractivity contribution in [3.05, 3.63) is 55.5 Å². The Morgan fingerprint density at radius 2 is 1.11 bits per heavy atom. The fourth-order valence-corrected chi connectivity index (χ4v) is 2.81. The third-order valence-corrected chi connectivity index (χ3v) is 4.07. The van der Waals surface area contributed by atoms with E-state index in [2.05, 4.69) is 10.2 Å². The van der Waals surface area contributed by atoms with Gasteiger partial charge in [0.1, 0.15) is 11.5 Å². The summed E-state index contributed by atoms with van der Waals surface area (Å²) in [5, 5.41) is 27.0. The lowest BCUT2D eigenvalue weighted by Crippen LogP contribution is -2.35. The Balaban J connectivity index is 1.96. The van der Waals surface area contributed by atoms with Crippen molar-refractivity contribution in [1.82, 2.24) is 10.9 Å². The zero-order chi connectivity index (χ0) is 20.8. The number of rotatable bonds is 4. The van der Waals surface area contributed by atoms with E-state index in [9.17, 15) is 19.8 Å². The van der Waals surface area contributed by atoms with Crippen molar-refractivity contribution >= 4 is 70.6 Å². The Labute approximate surface area is 178 Å². The second kappa shape index (κ2) is 9.61. The van der Waals surface area contributed by atoms with Gasteiger partial charge in [0.15, 0.2) is 0 Å². The Kier molecular flexibility index (Phi) is 7.47. The molecule has 0 saturated carbocycles. The summed E-state index contributed by atoms with van der Waals surface area (Å²) >= 11 is 23.1. The molecule has 146 valence electrons. The van der Waals surface area contributed by atoms with Crippen LogP contribution in [-0.4, -0.2) is 34.5 Å². The summed E-state index contributed by atoms with van der Waals surface area (Å²) in [6.45, 7) is 0. The Hall–Kier alpha value is -2.52. The van der Waals surface area contributed by atoms with Crippen LogP contribution in [-0.2, 0) is 9.59 Å². The summed E-state index contributed by atoms with van der Waals surface area (Å²) in [4.78, 5) is 23.3. The Bertz CT molecular complexity index is 916. The lowest BCUT2D eigenvalue weighted by atomic mass is 10.2. The highest BCUT2D eigenvalue weighted by atomic mass is 35.5. The summed E-state index contributed by atoms with van der Waals surface area (Å²) in [5.41, 5.74) is 4.12. The number of nitrogens with zero attached hydrogens (tertiary/aromatic N) is 2. The maximum atomic E-state index is 11.7. The highest BCUT2D eigenvalue weighted by molar-refractivity contribution is 6.37. The number of hydrogen-bond acceptors (Lipinski definition) is 6. The molecule has 2 aromatic rings. The first-order valence-corrected chi connectivity index (χ1v) is 8.72. The van der Waals surface area contributed by atoms with Gasteiger partial charge in [0.05, 0.1) is 22.5 Å². The van der Waals surface area contributed by atoms with Crippen LogP contribution in [0, 0.1) is 0 Å². The zero-order valence-corrected chi connectivity index (χ0v) is 16.6. The molecule has 0 saturated heterocycles. The van der Waals surface area contributed by atoms with Crippen LogP contribution >= 0.6 is 46.4 Å². The van der Waals surface area contributed by atoms with Crippen LogP contribution in [0.25, 0.3) is 0 Å². The van der Waals surface area contributed by atoms with Gasteiger partial charge in [0.2, 0.25) is 0 Å². The number of carbonyl (C=O) groups excluding carboxylic acids is 2. The number of aromatic hydroxyl groups is 2. The van der Waals surface area contributed by atoms with E-state index in [0.717, 1.165) is 12.4 Å². The molecule has 4 N–H and O–H groups in total. The minimum Gasteiger partial charge on any atom is -0.506 e. The van der Waals surface area contributed by atoms with Gasteiger partial charge in [-0.05, 0) is 24.3 Å². The molecule has 2 rings (SSSR count). The monoisotopic (exact) mass is 462 g/mol. The fraction of sp³-hybridized carbons (Fsp3) is 0. The molecule has 12 heteroatoms. The van der Waals surface area contributed by atoms with E-state index < -0.39 is 11.8 Å². The van der Waals surface area contributed by atoms with Gasteiger partial charge in [-0.3, -0.25) is 9.59 Å². The topological polar surface area (TPSA) is 123 Å². The highest BCUT2D eigenvalue weighted by Crippen LogP contribution is 2.30. The van der Waals surface area contributed by atoms with Crippen molar-refractivity contribution in [2.45, 2.75) is 0 Å². The molecule has 28 heavy (non-hydrogen) atoms. The van der Waals surface area contributed by atoms with Gasteiger partial charge in [0, 0.05) is 21.2 Å². The van der Waals surface area contributed by atoms with E-state index in [-0.39, 0.29) is 42.7 Å². The molecule has 2 aromatic carbocycles. The molecular weight excluding hydrogens is 454 g/mol. The summed E-state index contributed by atoms with van der Waals surface area (Å²) < 4.78 is 0. The first-order chi connectivity index (χ1) is 13.2. The van der Waals surface area contributed by atoms with E-state index in [4.69, 9.17) is 46.4 Å². The van der Waals surface area contributed by atoms with Gasteiger partial charge >= 0.3 is 11.8 Å². The number of carbonyl (C=O) groups is 2. The van der Waals surface area contributed by atoms with E-state index in [1.807, 2.05) is 10.9 Å². The molecule has 0 unspecified atom stereocenters. The van der Waals surface area contributed by atoms with Crippen molar-refractivity contribution in [3.63, 3.8) is 0 Å². The smallest absolute Gasteiger partial charge is 0.331 e. The maximum Gasteiger partial charge on any atom is 0.331 e. The maximum absolute atomic E-state index is 11.7. The van der Waals surface area contributed by atoms with Crippen molar-refractivity contribution < 1.29 is 19.8 Å². The van der Waals surface area contributed by atoms with Gasteiger partial charge in [-0.2, -0.15) is 10.2 Å². The summed E-state index contributed by atoms with van der Waals surface area (Å²) in [5.74, 6) is -2.88. The quantitative estimate of drug-likeness (QED) is 0.315. The molecule has 0 heterocycles. The van der Waals surface area contributed by atoms with Crippen LogP contribution < -0.4 is 10.9 Å². The molecule has 0 spiro atoms. The van der Waals surface area contributed by atoms with Crippen molar-refractivity contribution in [1.29, 1.82) is 0 Å². The zero-order valence-electron chi connectivity index (χ0n) is 13.6. The molecule has 0 aromatic heterocycles. The first-order valence-electron chi connectivity index (χ1n) is 7.21. The van der Waals surface area contributed by atoms with Gasteiger partial charge in [-0.25, -0.2) is 10.9 Å². The molecule has 0 bridgehead atoms. The van der Waals surface area contributed by atoms with E-state index >= 15 is 0 Å². The Morgan fingerprint density at radius 3 is 1.46 bits per heavy atom. The number of hydrazone groups is 2. The van der Waals surface area contributed by atoms with Crippen LogP contribution in [0.4, 0.5) is 0 Å². The average molecular weight is 464 g/mol. The number of halogens is 4. The summed E-state index contributed by atoms with van der Waals surface area (Å²) in [7, 11) is 0. The van der Waals surface area contributed by atoms with Gasteiger partial charge in [-0.15, -0.1) is 0 Å². The second-order valence-electron chi connectivity index (χ2n) is 5.05. The number of benzene rings is 2. The minimum atomic E-state index is -1.14. The van der Waals surface area contributed by atoms with Crippen molar-refractivity contribution in [2.75, 3.05) is 0 Å². The first kappa shape index (κ1) is 21.8. The molecule has 0 aliphatic heterocycles. The lowest BCUT2D eigenvalue weighted by molar-refractivity contribution is -0.139. The molecule has 0 aliphatic rings. The SMILES string of the molecule is O=C(NN=Cc1cc(Cl)cc(Cl)c1O)C(=O)NN=Cc1cc(Cl)cc(Cl)c1O. The van der Waals surface area contributed by atoms with Crippen LogP contribution in [0.3, 0.4) is 0 Å². The minimum absolute atomic E-state index is 0.00303. The summed E-state index contributed by atoms with van der Waals surface area (Å²) in [6.07, 6.45) is 2.10. The predicted molar refractivity (Wildman–Crippen MR) is 108 cm³/mol. The number of amides is 2. The van der Waals surface area contributed by atoms with Gasteiger partial charge in [-0.1, -0.05) is 46.4 Å². The lowest BCUT2D eigenvalue weighted by Gasteiger charge is -2.03. The van der Waals surface area contributed by atoms with Gasteiger partial charge in [0.25, 0.3) is 0 Å². The second-order valence-corrected chi connectivity index (χ2v) is 6.74. The molecule has 0 radical (unpaired) electrons. The highest BCUT2D eigenvalue weighted by Gasteiger charge is 2.12. The largest absolute Gasteiger partial charge is 0.506 e. The molecular formula is C16H10Cl4N4O4. The third kappa shape index (κ3) is 5.74. The number of hydrogen-bond donors (Lipinski definition) is 4. The van der Waals surface area contributed by atoms with Crippen LogP contribution in [0.5, 0.6) is 11.5 Å². The van der Waals surface area contributed by atoms with Crippen molar-refractivity contribution in [3.8, 4) is 11.5 Å². The number of nitrogens with one attached hydrogen (secondary N) is 2. The molecule has 0 aliphatic carbocycles. The molecule has 8 nitrogen and oxygen atoms in total. The Morgan fingerprint density at radius 1 is 0.750 bits per heavy atom. The van der Waals surface area contributed by atoms with Gasteiger partial charge < -0.3 is 10.2 Å². The van der Waals surface area contributed by atoms with E-state index in [1.54, 1.807) is 0 Å². The molecule has 0 fully saturated rings. The summed E-state index contributed by atoms with van der Waals surface area (Å²) in [6, 6.07) is 5.35. The average Bonchev–Trinajstić information content (AvgIpc) is 2.62. The predicted octanol–water partition coefficient (Wildman–Crippen LogP) is 3.31. The molecule has 0 atom stereocenters. The van der Waals surface area contributed by atoms with Crippen LogP contribution in [0.1, 0.15) is 11.1 Å². The number of phenols is 2. The standard InChI is InChI=1S/C16H10Cl4N4O4/c17-9-1-7(13(25)11(19)3-9)5-21-23-15(27)16(28)24-22-6-8-2-10(18)4-12(20)14(8)26/h1-6,25-26H,(H,23,27)(H,24,28). The van der Waals surface area contributed by atoms with Crippen LogP contribution in [0.2, 0.25) is 20.1 Å². The van der Waals surface area contributed by atoms with Crippen LogP contribution in [0.15, 0.2) is 34.5 Å². The van der Waals surface area contributed by atoms with Crippen molar-refractivity contribution in [2.24, 2.45) is 10.2 Å². The van der Waals surface area contributed by atoms with E-state index in [1.165, 1.54) is 24.3 Å². The van der Waals surface area contributed by atoms with E-state index in [0.29, 0.717) is 0 Å². The fourth-order valence-electron chi connectivity index (χ4n) is 1.79. The third-order valence-electron chi connectivity index (χ3n) is 3.06.